The molecule has 0 unspecified atom stereocenters. The summed E-state index contributed by atoms with van der Waals surface area (Å²) in [6, 6.07) is 0. The van der Waals surface area contributed by atoms with Gasteiger partial charge in [0.15, 0.2) is 0 Å². The van der Waals surface area contributed by atoms with Crippen LogP contribution in [0.4, 0.5) is 0 Å². The van der Waals surface area contributed by atoms with Crippen molar-refractivity contribution in [3.8, 4) is 0 Å². The molecule has 0 aromatic heterocycles. The summed E-state index contributed by atoms with van der Waals surface area (Å²) >= 11 is 0. The second kappa shape index (κ2) is 20.4. The molecule has 2 heteroatoms. The molecule has 0 N–H and O–H groups in total. The summed E-state index contributed by atoms with van der Waals surface area (Å²) in [6.07, 6.45) is 26.9. The van der Waals surface area contributed by atoms with Crippen molar-refractivity contribution in [3.63, 3.8) is 0 Å². The van der Waals surface area contributed by atoms with Crippen LogP contribution in [0.3, 0.4) is 0 Å². The Morgan fingerprint density at radius 2 is 0.833 bits per heavy atom. The van der Waals surface area contributed by atoms with Crippen LogP contribution in [0.15, 0.2) is 0 Å². The molecule has 1 aliphatic rings. The van der Waals surface area contributed by atoms with Crippen LogP contribution >= 0.6 is 0 Å². The van der Waals surface area contributed by atoms with E-state index in [4.69, 9.17) is 0 Å². The molecule has 146 valence electrons. The predicted molar refractivity (Wildman–Crippen MR) is 111 cm³/mol. The number of halogens is 1. The van der Waals surface area contributed by atoms with Crippen molar-refractivity contribution in [2.75, 3.05) is 17.3 Å². The highest BCUT2D eigenvalue weighted by Crippen LogP contribution is 2.17. The van der Waals surface area contributed by atoms with E-state index in [1.54, 1.807) is 17.3 Å². The van der Waals surface area contributed by atoms with Crippen LogP contribution < -0.4 is 24.0 Å². The third kappa shape index (κ3) is 16.5. The van der Waals surface area contributed by atoms with Crippen LogP contribution in [0.25, 0.3) is 0 Å². The first kappa shape index (κ1) is 25.1. The van der Waals surface area contributed by atoms with Crippen LogP contribution in [0.5, 0.6) is 0 Å². The molecule has 1 aliphatic heterocycles. The topological polar surface area (TPSA) is 0 Å². The lowest BCUT2D eigenvalue weighted by Gasteiger charge is -2.04. The fourth-order valence-corrected chi connectivity index (χ4v) is 6.22. The van der Waals surface area contributed by atoms with E-state index in [-0.39, 0.29) is 24.0 Å². The van der Waals surface area contributed by atoms with Gasteiger partial charge in [-0.3, -0.25) is 0 Å². The monoisotopic (exact) mass is 468 g/mol. The molecule has 0 bridgehead atoms. The van der Waals surface area contributed by atoms with Gasteiger partial charge in [0.05, 0.1) is 0 Å². The van der Waals surface area contributed by atoms with E-state index in [2.05, 4.69) is 6.92 Å². The minimum atomic E-state index is 0. The third-order valence-electron chi connectivity index (χ3n) is 5.40. The third-order valence-corrected chi connectivity index (χ3v) is 8.00. The minimum Gasteiger partial charge on any atom is -1.00 e. The smallest absolute Gasteiger partial charge is 0.108 e. The van der Waals surface area contributed by atoms with Gasteiger partial charge in [-0.1, -0.05) is 96.8 Å². The lowest BCUT2D eigenvalue weighted by atomic mass is 10.0. The molecule has 0 amide bonds. The van der Waals surface area contributed by atoms with Gasteiger partial charge in [0.25, 0.3) is 0 Å². The van der Waals surface area contributed by atoms with E-state index in [0.717, 1.165) is 10.9 Å². The molecule has 0 aliphatic carbocycles. The fourth-order valence-electron chi connectivity index (χ4n) is 3.77. The summed E-state index contributed by atoms with van der Waals surface area (Å²) in [5.74, 6) is 4.70. The Morgan fingerprint density at radius 3 is 1.21 bits per heavy atom. The van der Waals surface area contributed by atoms with Gasteiger partial charge >= 0.3 is 0 Å². The van der Waals surface area contributed by atoms with Gasteiger partial charge in [0.2, 0.25) is 0 Å². The van der Waals surface area contributed by atoms with E-state index in [1.807, 2.05) is 0 Å². The zero-order valence-electron chi connectivity index (χ0n) is 16.6. The lowest BCUT2D eigenvalue weighted by molar-refractivity contribution is -0.00000509. The largest absolute Gasteiger partial charge is 1.00 e. The number of unbranched alkanes of at least 4 members (excludes halogenated alkanes) is 15. The predicted octanol–water partition coefficient (Wildman–Crippen LogP) is 4.66. The molecule has 0 atom stereocenters. The molecule has 0 radical (unpaired) electrons. The van der Waals surface area contributed by atoms with E-state index < -0.39 is 0 Å². The molecule has 0 aromatic rings. The number of hydrogen-bond donors (Lipinski definition) is 0. The van der Waals surface area contributed by atoms with E-state index >= 15 is 0 Å². The Balaban J connectivity index is 0.00000529. The van der Waals surface area contributed by atoms with Gasteiger partial charge in [0, 0.05) is 0 Å². The maximum absolute atomic E-state index is 2.30. The van der Waals surface area contributed by atoms with Gasteiger partial charge < -0.3 is 24.0 Å². The standard InChI is InChI=1S/C22H45S.HI/c1-2-3-4-5-6-7-8-9-10-11-12-13-14-15-16-17-20-23-21-18-19-22-23;/h2-22H2,1H3;1H/q+1;/p-1. The maximum Gasteiger partial charge on any atom is 0.108 e. The zero-order chi connectivity index (χ0) is 16.4. The molecule has 1 rings (SSSR count). The first-order valence-electron chi connectivity index (χ1n) is 11.1. The molecule has 1 fully saturated rings. The second-order valence-electron chi connectivity index (χ2n) is 7.74. The van der Waals surface area contributed by atoms with Crippen molar-refractivity contribution in [2.24, 2.45) is 0 Å². The van der Waals surface area contributed by atoms with Crippen molar-refractivity contribution >= 4 is 10.9 Å². The molecule has 0 spiro atoms. The van der Waals surface area contributed by atoms with Gasteiger partial charge in [-0.2, -0.15) is 0 Å². The summed E-state index contributed by atoms with van der Waals surface area (Å²) in [5, 5.41) is 0. The van der Waals surface area contributed by atoms with Crippen molar-refractivity contribution < 1.29 is 24.0 Å². The van der Waals surface area contributed by atoms with E-state index in [9.17, 15) is 0 Å². The quantitative estimate of drug-likeness (QED) is 0.165. The number of hydrogen-bond acceptors (Lipinski definition) is 0. The van der Waals surface area contributed by atoms with Gasteiger partial charge in [-0.15, -0.1) is 0 Å². The van der Waals surface area contributed by atoms with Crippen molar-refractivity contribution in [2.45, 2.75) is 122 Å². The Kier molecular flexibility index (Phi) is 21.3. The number of rotatable bonds is 17. The Morgan fingerprint density at radius 1 is 0.500 bits per heavy atom. The summed E-state index contributed by atoms with van der Waals surface area (Å²) < 4.78 is 0. The molecule has 24 heavy (non-hydrogen) atoms. The molecule has 0 aromatic carbocycles. The Bertz CT molecular complexity index is 226. The first-order chi connectivity index (χ1) is 11.4. The highest BCUT2D eigenvalue weighted by atomic mass is 127. The second-order valence-corrected chi connectivity index (χ2v) is 10.2. The molecular formula is C22H45IS. The van der Waals surface area contributed by atoms with E-state index in [1.165, 1.54) is 116 Å². The van der Waals surface area contributed by atoms with Gasteiger partial charge in [-0.05, 0) is 36.6 Å². The maximum atomic E-state index is 2.30. The van der Waals surface area contributed by atoms with Crippen molar-refractivity contribution in [3.05, 3.63) is 0 Å². The summed E-state index contributed by atoms with van der Waals surface area (Å²) in [4.78, 5) is 0. The highest BCUT2D eigenvalue weighted by molar-refractivity contribution is 7.97. The van der Waals surface area contributed by atoms with Crippen LogP contribution in [0.2, 0.25) is 0 Å². The highest BCUT2D eigenvalue weighted by Gasteiger charge is 2.22. The molecular weight excluding hydrogens is 423 g/mol. The molecule has 0 nitrogen and oxygen atoms in total. The lowest BCUT2D eigenvalue weighted by Crippen LogP contribution is -3.00. The Labute approximate surface area is 174 Å². The summed E-state index contributed by atoms with van der Waals surface area (Å²) in [6.45, 7) is 2.30. The minimum absolute atomic E-state index is 0. The SMILES string of the molecule is CCCCCCCCCCCCCCCCCC[S+]1CCCC1.[I-]. The van der Waals surface area contributed by atoms with Crippen LogP contribution in [0.1, 0.15) is 122 Å². The Hall–Kier alpha value is 1.08. The van der Waals surface area contributed by atoms with Gasteiger partial charge in [-0.25, -0.2) is 0 Å². The first-order valence-corrected chi connectivity index (χ1v) is 12.8. The average molecular weight is 469 g/mol. The molecule has 0 saturated carbocycles. The van der Waals surface area contributed by atoms with Crippen LogP contribution in [-0.4, -0.2) is 17.3 Å². The molecule has 1 heterocycles. The summed E-state index contributed by atoms with van der Waals surface area (Å²) in [7, 11) is 0.855. The van der Waals surface area contributed by atoms with Crippen molar-refractivity contribution in [1.29, 1.82) is 0 Å². The van der Waals surface area contributed by atoms with Crippen LogP contribution in [0, 0.1) is 0 Å². The zero-order valence-corrected chi connectivity index (χ0v) is 19.6. The van der Waals surface area contributed by atoms with Crippen LogP contribution in [-0.2, 0) is 10.9 Å². The fraction of sp³-hybridized carbons (Fsp3) is 1.00. The summed E-state index contributed by atoms with van der Waals surface area (Å²) in [5.41, 5.74) is 0. The van der Waals surface area contributed by atoms with E-state index in [0.29, 0.717) is 0 Å². The van der Waals surface area contributed by atoms with Crippen molar-refractivity contribution in [1.82, 2.24) is 0 Å². The average Bonchev–Trinajstić information content (AvgIpc) is 3.08. The molecule has 1 saturated heterocycles. The normalized spacial score (nSPS) is 14.9. The van der Waals surface area contributed by atoms with Gasteiger partial charge in [0.1, 0.15) is 17.3 Å².